The highest BCUT2D eigenvalue weighted by Gasteiger charge is 2.25. The average molecular weight is 217 g/mol. The Balaban J connectivity index is 2.21. The van der Waals surface area contributed by atoms with Crippen LogP contribution in [0.1, 0.15) is 16.8 Å². The summed E-state index contributed by atoms with van der Waals surface area (Å²) in [6.45, 7) is 0. The smallest absolute Gasteiger partial charge is 0.258 e. The predicted molar refractivity (Wildman–Crippen MR) is 57.9 cm³/mol. The van der Waals surface area contributed by atoms with Gasteiger partial charge in [-0.15, -0.1) is 0 Å². The van der Waals surface area contributed by atoms with Crippen LogP contribution in [-0.4, -0.2) is 28.2 Å². The van der Waals surface area contributed by atoms with Crippen LogP contribution >= 0.6 is 0 Å². The van der Waals surface area contributed by atoms with E-state index in [9.17, 15) is 9.59 Å². The maximum absolute atomic E-state index is 12.0. The van der Waals surface area contributed by atoms with Crippen molar-refractivity contribution in [2.24, 2.45) is 0 Å². The molecule has 1 aromatic carbocycles. The average Bonchev–Trinajstić information content (AvgIpc) is 2.77. The van der Waals surface area contributed by atoms with Gasteiger partial charge in [-0.2, -0.15) is 0 Å². The lowest BCUT2D eigenvalue weighted by atomic mass is 10.1. The Labute approximate surface area is 92.8 Å². The zero-order chi connectivity index (χ0) is 11.5. The number of hydrogen-bond donors (Lipinski definition) is 1. The van der Waals surface area contributed by atoms with Crippen molar-refractivity contribution in [3.05, 3.63) is 42.1 Å². The monoisotopic (exact) mass is 217 g/mol. The van der Waals surface area contributed by atoms with Crippen molar-refractivity contribution < 1.29 is 14.7 Å². The largest absolute Gasteiger partial charge is 0.508 e. The Kier molecular flexibility index (Phi) is 2.72. The lowest BCUT2D eigenvalue weighted by Gasteiger charge is -2.18. The summed E-state index contributed by atoms with van der Waals surface area (Å²) in [5.74, 6) is -0.119. The van der Waals surface area contributed by atoms with Gasteiger partial charge in [0.25, 0.3) is 5.91 Å². The van der Waals surface area contributed by atoms with Crippen LogP contribution in [0.15, 0.2) is 36.5 Å². The van der Waals surface area contributed by atoms with Crippen LogP contribution in [0.25, 0.3) is 0 Å². The van der Waals surface area contributed by atoms with E-state index in [2.05, 4.69) is 0 Å². The van der Waals surface area contributed by atoms with Crippen molar-refractivity contribution in [2.75, 3.05) is 0 Å². The van der Waals surface area contributed by atoms with Gasteiger partial charge in [-0.1, -0.05) is 6.08 Å². The van der Waals surface area contributed by atoms with Gasteiger partial charge in [-0.05, 0) is 30.7 Å². The van der Waals surface area contributed by atoms with Gasteiger partial charge in [0.1, 0.15) is 12.0 Å². The van der Waals surface area contributed by atoms with Gasteiger partial charge in [0, 0.05) is 11.8 Å². The van der Waals surface area contributed by atoms with Gasteiger partial charge in [0.15, 0.2) is 0 Å². The molecule has 0 fully saturated rings. The highest BCUT2D eigenvalue weighted by Crippen LogP contribution is 2.18. The summed E-state index contributed by atoms with van der Waals surface area (Å²) in [4.78, 5) is 24.1. The molecule has 1 N–H and O–H groups in total. The van der Waals surface area contributed by atoms with E-state index >= 15 is 0 Å². The van der Waals surface area contributed by atoms with Crippen LogP contribution in [0.3, 0.4) is 0 Å². The normalized spacial score (nSPS) is 18.8. The molecule has 1 aromatic rings. The molecule has 0 saturated carbocycles. The van der Waals surface area contributed by atoms with Crippen molar-refractivity contribution in [3.63, 3.8) is 0 Å². The van der Waals surface area contributed by atoms with Gasteiger partial charge in [0.05, 0.1) is 6.04 Å². The standard InChI is InChI=1S/C12H11NO3/c14-8-10-2-1-7-13(10)12(16)9-3-5-11(15)6-4-9/h1,3-8,10,15H,2H2/t10-/m0/s1. The van der Waals surface area contributed by atoms with Crippen LogP contribution in [-0.2, 0) is 4.79 Å². The second-order valence-electron chi connectivity index (χ2n) is 3.58. The predicted octanol–water partition coefficient (Wildman–Crippen LogP) is 1.32. The molecule has 1 atom stereocenters. The third-order valence-electron chi connectivity index (χ3n) is 2.51. The molecule has 2 rings (SSSR count). The number of aldehydes is 1. The lowest BCUT2D eigenvalue weighted by molar-refractivity contribution is -0.110. The molecule has 0 unspecified atom stereocenters. The fourth-order valence-electron chi connectivity index (χ4n) is 1.63. The molecule has 82 valence electrons. The molecule has 4 nitrogen and oxygen atoms in total. The molecular formula is C12H11NO3. The van der Waals surface area contributed by atoms with E-state index in [4.69, 9.17) is 5.11 Å². The van der Waals surface area contributed by atoms with E-state index in [1.54, 1.807) is 12.3 Å². The van der Waals surface area contributed by atoms with E-state index in [-0.39, 0.29) is 11.7 Å². The number of benzene rings is 1. The van der Waals surface area contributed by atoms with Gasteiger partial charge in [-0.25, -0.2) is 0 Å². The first kappa shape index (κ1) is 10.4. The number of rotatable bonds is 2. The van der Waals surface area contributed by atoms with E-state index in [0.717, 1.165) is 6.29 Å². The molecule has 4 heteroatoms. The highest BCUT2D eigenvalue weighted by molar-refractivity contribution is 5.96. The summed E-state index contributed by atoms with van der Waals surface area (Å²) >= 11 is 0. The third-order valence-corrected chi connectivity index (χ3v) is 2.51. The maximum atomic E-state index is 12.0. The topological polar surface area (TPSA) is 57.6 Å². The van der Waals surface area contributed by atoms with E-state index < -0.39 is 6.04 Å². The molecule has 16 heavy (non-hydrogen) atoms. The summed E-state index contributed by atoms with van der Waals surface area (Å²) in [5.41, 5.74) is 0.455. The van der Waals surface area contributed by atoms with Crippen LogP contribution in [0.4, 0.5) is 0 Å². The zero-order valence-corrected chi connectivity index (χ0v) is 8.54. The first-order chi connectivity index (χ1) is 7.72. The molecule has 1 heterocycles. The summed E-state index contributed by atoms with van der Waals surface area (Å²) < 4.78 is 0. The Morgan fingerprint density at radius 2 is 2.06 bits per heavy atom. The molecule has 1 aliphatic rings. The van der Waals surface area contributed by atoms with E-state index in [0.29, 0.717) is 12.0 Å². The number of amides is 1. The first-order valence-electron chi connectivity index (χ1n) is 4.96. The van der Waals surface area contributed by atoms with Gasteiger partial charge < -0.3 is 14.8 Å². The van der Waals surface area contributed by atoms with Gasteiger partial charge in [-0.3, -0.25) is 4.79 Å². The molecule has 0 bridgehead atoms. The number of aromatic hydroxyl groups is 1. The number of carbonyl (C=O) groups is 2. The minimum Gasteiger partial charge on any atom is -0.508 e. The third kappa shape index (κ3) is 1.82. The second kappa shape index (κ2) is 4.18. The molecular weight excluding hydrogens is 206 g/mol. The second-order valence-corrected chi connectivity index (χ2v) is 3.58. The highest BCUT2D eigenvalue weighted by atomic mass is 16.3. The van der Waals surface area contributed by atoms with Crippen molar-refractivity contribution in [3.8, 4) is 5.75 Å². The molecule has 0 aromatic heterocycles. The number of hydrogen-bond acceptors (Lipinski definition) is 3. The van der Waals surface area contributed by atoms with Crippen LogP contribution in [0.5, 0.6) is 5.75 Å². The minimum atomic E-state index is -0.402. The summed E-state index contributed by atoms with van der Waals surface area (Å²) in [6, 6.07) is 5.56. The quantitative estimate of drug-likeness (QED) is 0.760. The summed E-state index contributed by atoms with van der Waals surface area (Å²) in [5, 5.41) is 9.11. The van der Waals surface area contributed by atoms with Crippen LogP contribution in [0.2, 0.25) is 0 Å². The Morgan fingerprint density at radius 1 is 1.38 bits per heavy atom. The molecule has 0 aliphatic carbocycles. The van der Waals surface area contributed by atoms with E-state index in [1.165, 1.54) is 29.2 Å². The maximum Gasteiger partial charge on any atom is 0.258 e. The van der Waals surface area contributed by atoms with Crippen molar-refractivity contribution in [1.82, 2.24) is 4.90 Å². The molecule has 0 spiro atoms. The molecule has 1 aliphatic heterocycles. The SMILES string of the molecule is O=C[C@@H]1CC=CN1C(=O)c1ccc(O)cc1. The Bertz CT molecular complexity index is 436. The summed E-state index contributed by atoms with van der Waals surface area (Å²) in [6.07, 6.45) is 4.73. The molecule has 0 saturated heterocycles. The minimum absolute atomic E-state index is 0.112. The number of phenolic OH excluding ortho intramolecular Hbond substituents is 1. The number of nitrogens with zero attached hydrogens (tertiary/aromatic N) is 1. The molecule has 0 radical (unpaired) electrons. The van der Waals surface area contributed by atoms with Crippen LogP contribution in [0, 0.1) is 0 Å². The van der Waals surface area contributed by atoms with Crippen LogP contribution < -0.4 is 0 Å². The van der Waals surface area contributed by atoms with Crippen molar-refractivity contribution in [1.29, 1.82) is 0 Å². The lowest BCUT2D eigenvalue weighted by Crippen LogP contribution is -2.33. The van der Waals surface area contributed by atoms with Crippen molar-refractivity contribution in [2.45, 2.75) is 12.5 Å². The summed E-state index contributed by atoms with van der Waals surface area (Å²) in [7, 11) is 0. The fourth-order valence-corrected chi connectivity index (χ4v) is 1.63. The first-order valence-corrected chi connectivity index (χ1v) is 4.96. The molecule has 1 amide bonds. The zero-order valence-electron chi connectivity index (χ0n) is 8.54. The van der Waals surface area contributed by atoms with Gasteiger partial charge >= 0.3 is 0 Å². The Hall–Kier alpha value is -2.10. The fraction of sp³-hybridized carbons (Fsp3) is 0.167. The number of phenols is 1. The Morgan fingerprint density at radius 3 is 2.69 bits per heavy atom. The van der Waals surface area contributed by atoms with Gasteiger partial charge in [0.2, 0.25) is 0 Å². The van der Waals surface area contributed by atoms with E-state index in [1.807, 2.05) is 0 Å². The van der Waals surface area contributed by atoms with Crippen molar-refractivity contribution >= 4 is 12.2 Å². The number of carbonyl (C=O) groups excluding carboxylic acids is 2.